The van der Waals surface area contributed by atoms with Crippen LogP contribution in [0.25, 0.3) is 0 Å². The van der Waals surface area contributed by atoms with Gasteiger partial charge in [0, 0.05) is 17.9 Å². The summed E-state index contributed by atoms with van der Waals surface area (Å²) in [5.41, 5.74) is 7.32. The lowest BCUT2D eigenvalue weighted by Crippen LogP contribution is -2.38. The summed E-state index contributed by atoms with van der Waals surface area (Å²) < 4.78 is 0. The smallest absolute Gasteiger partial charge is 0.308 e. The Morgan fingerprint density at radius 2 is 1.78 bits per heavy atom. The van der Waals surface area contributed by atoms with E-state index >= 15 is 0 Å². The second-order valence-corrected chi connectivity index (χ2v) is 6.65. The van der Waals surface area contributed by atoms with Gasteiger partial charge in [0.2, 0.25) is 0 Å². The molecular formula is C20H22N2O. The van der Waals surface area contributed by atoms with Crippen molar-refractivity contribution < 1.29 is 4.79 Å². The van der Waals surface area contributed by atoms with Crippen LogP contribution in [0.15, 0.2) is 36.4 Å². The van der Waals surface area contributed by atoms with Crippen LogP contribution in [0.5, 0.6) is 0 Å². The average Bonchev–Trinajstić information content (AvgIpc) is 3.01. The molecule has 1 N–H and O–H groups in total. The number of aryl methyl sites for hydroxylation is 4. The van der Waals surface area contributed by atoms with E-state index in [1.165, 1.54) is 35.1 Å². The van der Waals surface area contributed by atoms with Gasteiger partial charge in [-0.2, -0.15) is 0 Å². The van der Waals surface area contributed by atoms with Crippen LogP contribution in [0.2, 0.25) is 0 Å². The molecule has 0 unspecified atom stereocenters. The van der Waals surface area contributed by atoms with E-state index in [1.54, 1.807) is 0 Å². The predicted molar refractivity (Wildman–Crippen MR) is 94.3 cm³/mol. The number of amides is 2. The molecule has 0 radical (unpaired) electrons. The molecule has 0 saturated heterocycles. The van der Waals surface area contributed by atoms with Crippen LogP contribution in [0.1, 0.15) is 35.1 Å². The first-order valence-electron chi connectivity index (χ1n) is 8.50. The first-order valence-corrected chi connectivity index (χ1v) is 8.50. The Kier molecular flexibility index (Phi) is 3.56. The lowest BCUT2D eigenvalue weighted by molar-refractivity contribution is 0.256. The van der Waals surface area contributed by atoms with Crippen molar-refractivity contribution in [3.8, 4) is 0 Å². The number of carbonyl (C=O) groups is 1. The van der Waals surface area contributed by atoms with Gasteiger partial charge in [-0.25, -0.2) is 4.79 Å². The van der Waals surface area contributed by atoms with E-state index in [1.807, 2.05) is 11.0 Å². The Hall–Kier alpha value is -2.29. The van der Waals surface area contributed by atoms with Gasteiger partial charge < -0.3 is 5.32 Å². The zero-order chi connectivity index (χ0) is 15.8. The minimum absolute atomic E-state index is 0.0206. The van der Waals surface area contributed by atoms with E-state index in [9.17, 15) is 4.79 Å². The highest BCUT2D eigenvalue weighted by Crippen LogP contribution is 2.29. The van der Waals surface area contributed by atoms with Gasteiger partial charge in [0.05, 0.1) is 0 Å². The Morgan fingerprint density at radius 1 is 0.957 bits per heavy atom. The second-order valence-electron chi connectivity index (χ2n) is 6.65. The quantitative estimate of drug-likeness (QED) is 0.828. The predicted octanol–water partition coefficient (Wildman–Crippen LogP) is 4.47. The molecule has 1 aliphatic carbocycles. The minimum atomic E-state index is -0.0206. The van der Waals surface area contributed by atoms with E-state index in [4.69, 9.17) is 0 Å². The number of carbonyl (C=O) groups excluding carboxylic acids is 1. The molecule has 1 aliphatic heterocycles. The Bertz CT molecular complexity index is 766. The third-order valence-electron chi connectivity index (χ3n) is 4.95. The molecule has 0 bridgehead atoms. The first kappa shape index (κ1) is 14.3. The van der Waals surface area contributed by atoms with E-state index in [0.29, 0.717) is 0 Å². The van der Waals surface area contributed by atoms with Crippen molar-refractivity contribution in [1.82, 2.24) is 0 Å². The maximum atomic E-state index is 12.7. The molecule has 2 aromatic rings. The molecule has 118 valence electrons. The average molecular weight is 306 g/mol. The number of fused-ring (bicyclic) bond motifs is 2. The fourth-order valence-corrected chi connectivity index (χ4v) is 3.78. The van der Waals surface area contributed by atoms with Crippen molar-refractivity contribution in [2.75, 3.05) is 16.8 Å². The SMILES string of the molecule is Cc1ccc2c(c1)CCCN2C(=O)Nc1ccc2c(c1)CCC2. The van der Waals surface area contributed by atoms with Crippen LogP contribution in [-0.4, -0.2) is 12.6 Å². The topological polar surface area (TPSA) is 32.3 Å². The number of rotatable bonds is 1. The van der Waals surface area contributed by atoms with Crippen molar-refractivity contribution in [3.05, 3.63) is 58.7 Å². The van der Waals surface area contributed by atoms with Gasteiger partial charge in [-0.1, -0.05) is 23.8 Å². The van der Waals surface area contributed by atoms with Crippen LogP contribution < -0.4 is 10.2 Å². The molecule has 0 saturated carbocycles. The fourth-order valence-electron chi connectivity index (χ4n) is 3.78. The first-order chi connectivity index (χ1) is 11.2. The van der Waals surface area contributed by atoms with Gasteiger partial charge in [-0.05, 0) is 73.9 Å². The number of urea groups is 1. The maximum absolute atomic E-state index is 12.7. The van der Waals surface area contributed by atoms with Gasteiger partial charge in [0.25, 0.3) is 0 Å². The molecule has 0 atom stereocenters. The molecule has 4 rings (SSSR count). The summed E-state index contributed by atoms with van der Waals surface area (Å²) in [4.78, 5) is 14.6. The second kappa shape index (κ2) is 5.73. The monoisotopic (exact) mass is 306 g/mol. The minimum Gasteiger partial charge on any atom is -0.308 e. The lowest BCUT2D eigenvalue weighted by atomic mass is 10.00. The summed E-state index contributed by atoms with van der Waals surface area (Å²) in [6.45, 7) is 2.89. The summed E-state index contributed by atoms with van der Waals surface area (Å²) >= 11 is 0. The molecule has 2 aliphatic rings. The van der Waals surface area contributed by atoms with Crippen molar-refractivity contribution in [3.63, 3.8) is 0 Å². The number of benzene rings is 2. The Labute approximate surface area is 137 Å². The van der Waals surface area contributed by atoms with Crippen LogP contribution in [0, 0.1) is 6.92 Å². The van der Waals surface area contributed by atoms with Gasteiger partial charge in [-0.15, -0.1) is 0 Å². The van der Waals surface area contributed by atoms with Gasteiger partial charge in [0.1, 0.15) is 0 Å². The highest BCUT2D eigenvalue weighted by molar-refractivity contribution is 6.02. The molecule has 1 heterocycles. The van der Waals surface area contributed by atoms with Crippen LogP contribution in [0.3, 0.4) is 0 Å². The zero-order valence-corrected chi connectivity index (χ0v) is 13.6. The molecule has 0 spiro atoms. The van der Waals surface area contributed by atoms with E-state index in [0.717, 1.165) is 37.2 Å². The molecular weight excluding hydrogens is 284 g/mol. The van der Waals surface area contributed by atoms with E-state index in [2.05, 4.69) is 42.6 Å². The standard InChI is InChI=1S/C20H22N2O/c1-14-7-10-19-17(12-14)6-3-11-22(19)20(23)21-18-9-8-15-4-2-5-16(15)13-18/h7-10,12-13H,2-6,11H2,1H3,(H,21,23). The van der Waals surface area contributed by atoms with E-state index < -0.39 is 0 Å². The summed E-state index contributed by atoms with van der Waals surface area (Å²) in [7, 11) is 0. The van der Waals surface area contributed by atoms with Crippen LogP contribution >= 0.6 is 0 Å². The lowest BCUT2D eigenvalue weighted by Gasteiger charge is -2.30. The van der Waals surface area contributed by atoms with Crippen molar-refractivity contribution in [2.45, 2.75) is 39.0 Å². The highest BCUT2D eigenvalue weighted by Gasteiger charge is 2.23. The third-order valence-corrected chi connectivity index (χ3v) is 4.95. The number of hydrogen-bond acceptors (Lipinski definition) is 1. The van der Waals surface area contributed by atoms with E-state index in [-0.39, 0.29) is 6.03 Å². The molecule has 2 aromatic carbocycles. The van der Waals surface area contributed by atoms with Crippen molar-refractivity contribution in [2.24, 2.45) is 0 Å². The van der Waals surface area contributed by atoms with Gasteiger partial charge in [0.15, 0.2) is 0 Å². The molecule has 2 amide bonds. The number of hydrogen-bond donors (Lipinski definition) is 1. The summed E-state index contributed by atoms with van der Waals surface area (Å²) in [5.74, 6) is 0. The van der Waals surface area contributed by atoms with Crippen molar-refractivity contribution >= 4 is 17.4 Å². The largest absolute Gasteiger partial charge is 0.326 e. The Morgan fingerprint density at radius 3 is 2.70 bits per heavy atom. The van der Waals surface area contributed by atoms with Crippen LogP contribution in [0.4, 0.5) is 16.2 Å². The molecule has 0 aromatic heterocycles. The number of anilines is 2. The third kappa shape index (κ3) is 2.72. The van der Waals surface area contributed by atoms with Crippen LogP contribution in [-0.2, 0) is 19.3 Å². The summed E-state index contributed by atoms with van der Waals surface area (Å²) in [6, 6.07) is 12.7. The molecule has 3 heteroatoms. The highest BCUT2D eigenvalue weighted by atomic mass is 16.2. The normalized spacial score (nSPS) is 16.0. The summed E-state index contributed by atoms with van der Waals surface area (Å²) in [5, 5.41) is 3.08. The molecule has 0 fully saturated rings. The van der Waals surface area contributed by atoms with Gasteiger partial charge in [-0.3, -0.25) is 4.90 Å². The molecule has 3 nitrogen and oxygen atoms in total. The van der Waals surface area contributed by atoms with Gasteiger partial charge >= 0.3 is 6.03 Å². The summed E-state index contributed by atoms with van der Waals surface area (Å²) in [6.07, 6.45) is 5.60. The zero-order valence-electron chi connectivity index (χ0n) is 13.6. The Balaban J connectivity index is 1.56. The number of nitrogens with zero attached hydrogens (tertiary/aromatic N) is 1. The van der Waals surface area contributed by atoms with Crippen molar-refractivity contribution in [1.29, 1.82) is 0 Å². The fraction of sp³-hybridized carbons (Fsp3) is 0.350. The maximum Gasteiger partial charge on any atom is 0.326 e. The number of nitrogens with one attached hydrogen (secondary N) is 1. The molecule has 23 heavy (non-hydrogen) atoms.